The van der Waals surface area contributed by atoms with Gasteiger partial charge in [0, 0.05) is 37.9 Å². The average molecular weight is 388 g/mol. The van der Waals surface area contributed by atoms with Crippen LogP contribution in [0, 0.1) is 0 Å². The molecule has 2 aliphatic heterocycles. The molecule has 140 valence electrons. The molecule has 2 saturated heterocycles. The molecule has 2 aromatic rings. The van der Waals surface area contributed by atoms with Gasteiger partial charge in [0.2, 0.25) is 0 Å². The van der Waals surface area contributed by atoms with E-state index in [0.29, 0.717) is 18.0 Å². The second kappa shape index (κ2) is 7.09. The minimum atomic E-state index is -1.09. The molecule has 7 nitrogen and oxygen atoms in total. The molecule has 2 amide bonds. The summed E-state index contributed by atoms with van der Waals surface area (Å²) < 4.78 is 5.73. The summed E-state index contributed by atoms with van der Waals surface area (Å²) >= 11 is 5.96. The number of nitrogens with zero attached hydrogens (tertiary/aromatic N) is 2. The number of benzene rings is 2. The molecule has 2 aromatic carbocycles. The Bertz CT molecular complexity index is 887. The number of urea groups is 1. The number of amides is 2. The van der Waals surface area contributed by atoms with E-state index in [1.54, 1.807) is 23.1 Å². The zero-order chi connectivity index (χ0) is 19.0. The molecular formula is C19H18ClN3O4. The molecule has 0 spiro atoms. The van der Waals surface area contributed by atoms with Crippen molar-refractivity contribution in [2.45, 2.75) is 6.04 Å². The summed E-state index contributed by atoms with van der Waals surface area (Å²) in [5.74, 6) is -0.0696. The number of carboxylic acid groups (broad SMARTS) is 1. The number of hydrogen-bond acceptors (Lipinski definition) is 4. The van der Waals surface area contributed by atoms with Crippen LogP contribution in [0.25, 0.3) is 0 Å². The van der Waals surface area contributed by atoms with Crippen LogP contribution < -0.4 is 15.0 Å². The number of carbonyl (C=O) groups excluding carboxylic acids is 1. The number of hydrogen-bond donors (Lipinski definition) is 2. The van der Waals surface area contributed by atoms with Crippen molar-refractivity contribution in [2.75, 3.05) is 31.1 Å². The van der Waals surface area contributed by atoms with Gasteiger partial charge in [-0.1, -0.05) is 11.6 Å². The Morgan fingerprint density at radius 2 is 1.93 bits per heavy atom. The number of carbonyl (C=O) groups is 2. The van der Waals surface area contributed by atoms with Crippen molar-refractivity contribution in [3.63, 3.8) is 0 Å². The highest BCUT2D eigenvalue weighted by Gasteiger charge is 2.38. The first-order valence-electron chi connectivity index (χ1n) is 8.62. The summed E-state index contributed by atoms with van der Waals surface area (Å²) in [7, 11) is 0. The van der Waals surface area contributed by atoms with Gasteiger partial charge in [0.15, 0.2) is 0 Å². The molecule has 27 heavy (non-hydrogen) atoms. The van der Waals surface area contributed by atoms with Gasteiger partial charge in [0.25, 0.3) is 0 Å². The first-order valence-corrected chi connectivity index (χ1v) is 9.00. The Morgan fingerprint density at radius 1 is 1.19 bits per heavy atom. The molecule has 1 unspecified atom stereocenters. The Balaban J connectivity index is 1.47. The molecular weight excluding hydrogens is 370 g/mol. The molecule has 2 fully saturated rings. The zero-order valence-electron chi connectivity index (χ0n) is 14.4. The maximum absolute atomic E-state index is 12.6. The lowest BCUT2D eigenvalue weighted by Crippen LogP contribution is -2.49. The number of carboxylic acids is 1. The number of aromatic carboxylic acids is 1. The van der Waals surface area contributed by atoms with E-state index in [1.165, 1.54) is 12.1 Å². The summed E-state index contributed by atoms with van der Waals surface area (Å²) in [6.07, 6.45) is 0. The Labute approximate surface area is 161 Å². The lowest BCUT2D eigenvalue weighted by atomic mass is 10.2. The fourth-order valence-corrected chi connectivity index (χ4v) is 3.65. The van der Waals surface area contributed by atoms with E-state index >= 15 is 0 Å². The monoisotopic (exact) mass is 387 g/mol. The van der Waals surface area contributed by atoms with Crippen molar-refractivity contribution < 1.29 is 19.4 Å². The number of anilines is 1. The molecule has 2 heterocycles. The van der Waals surface area contributed by atoms with Crippen LogP contribution in [0.2, 0.25) is 5.02 Å². The van der Waals surface area contributed by atoms with Gasteiger partial charge in [-0.15, -0.1) is 0 Å². The number of nitrogens with one attached hydrogen (secondary N) is 1. The predicted molar refractivity (Wildman–Crippen MR) is 101 cm³/mol. The van der Waals surface area contributed by atoms with E-state index in [4.69, 9.17) is 21.4 Å². The van der Waals surface area contributed by atoms with E-state index in [9.17, 15) is 9.59 Å². The molecule has 0 radical (unpaired) electrons. The van der Waals surface area contributed by atoms with E-state index in [1.807, 2.05) is 17.0 Å². The highest BCUT2D eigenvalue weighted by atomic mass is 35.5. The third-order valence-corrected chi connectivity index (χ3v) is 5.09. The smallest absolute Gasteiger partial charge is 0.337 e. The van der Waals surface area contributed by atoms with Crippen LogP contribution in [0.3, 0.4) is 0 Å². The maximum Gasteiger partial charge on any atom is 0.337 e. The lowest BCUT2D eigenvalue weighted by molar-refractivity contribution is 0.0697. The van der Waals surface area contributed by atoms with Crippen molar-refractivity contribution >= 4 is 29.3 Å². The van der Waals surface area contributed by atoms with E-state index in [-0.39, 0.29) is 22.7 Å². The van der Waals surface area contributed by atoms with E-state index in [0.717, 1.165) is 25.3 Å². The number of fused-ring (bicyclic) bond motifs is 1. The summed E-state index contributed by atoms with van der Waals surface area (Å²) in [5.41, 5.74) is 0.846. The largest absolute Gasteiger partial charge is 0.478 e. The van der Waals surface area contributed by atoms with Crippen LogP contribution in [-0.2, 0) is 0 Å². The Hall–Kier alpha value is -2.77. The summed E-state index contributed by atoms with van der Waals surface area (Å²) in [5, 5.41) is 12.4. The predicted octanol–water partition coefficient (Wildman–Crippen LogP) is 3.04. The van der Waals surface area contributed by atoms with Gasteiger partial charge < -0.3 is 20.1 Å². The van der Waals surface area contributed by atoms with Gasteiger partial charge >= 0.3 is 12.0 Å². The molecule has 2 aliphatic rings. The van der Waals surface area contributed by atoms with Gasteiger partial charge in [0.05, 0.1) is 16.6 Å². The number of halogens is 1. The Morgan fingerprint density at radius 3 is 2.59 bits per heavy atom. The van der Waals surface area contributed by atoms with Crippen LogP contribution in [0.15, 0.2) is 42.5 Å². The van der Waals surface area contributed by atoms with Crippen LogP contribution in [0.1, 0.15) is 10.4 Å². The highest BCUT2D eigenvalue weighted by Crippen LogP contribution is 2.30. The van der Waals surface area contributed by atoms with E-state index < -0.39 is 5.97 Å². The first-order chi connectivity index (χ1) is 13.0. The molecule has 0 saturated carbocycles. The first kappa shape index (κ1) is 17.6. The maximum atomic E-state index is 12.6. The Kier molecular flexibility index (Phi) is 4.63. The van der Waals surface area contributed by atoms with Crippen LogP contribution in [0.5, 0.6) is 11.5 Å². The molecule has 1 atom stereocenters. The molecule has 2 N–H and O–H groups in total. The topological polar surface area (TPSA) is 82.1 Å². The molecule has 8 heteroatoms. The molecule has 0 aliphatic carbocycles. The lowest BCUT2D eigenvalue weighted by Gasteiger charge is -2.28. The van der Waals surface area contributed by atoms with Crippen molar-refractivity contribution in [3.05, 3.63) is 53.1 Å². The fraction of sp³-hybridized carbons (Fsp3) is 0.263. The van der Waals surface area contributed by atoms with Gasteiger partial charge in [0.1, 0.15) is 11.5 Å². The van der Waals surface area contributed by atoms with Crippen LogP contribution in [-0.4, -0.2) is 54.2 Å². The van der Waals surface area contributed by atoms with Gasteiger partial charge in [-0.3, -0.25) is 4.90 Å². The summed E-state index contributed by atoms with van der Waals surface area (Å²) in [6.45, 7) is 3.04. The number of ether oxygens (including phenoxy) is 1. The fourth-order valence-electron chi connectivity index (χ4n) is 3.40. The second-order valence-corrected chi connectivity index (χ2v) is 6.89. The standard InChI is InChI=1S/C19H18ClN3O4/c20-17-9-15(5-6-16(17)18(24)25)27-14-3-1-12(2-4-14)23-11-13-10-21-7-8-22(13)19(23)26/h1-6,9,13,21H,7-8,10-11H2,(H,24,25). The minimum Gasteiger partial charge on any atom is -0.478 e. The van der Waals surface area contributed by atoms with Gasteiger partial charge in [-0.25, -0.2) is 9.59 Å². The third-order valence-electron chi connectivity index (χ3n) is 4.78. The SMILES string of the molecule is O=C(O)c1ccc(Oc2ccc(N3CC4CNCCN4C3=O)cc2)cc1Cl. The molecule has 0 aromatic heterocycles. The minimum absolute atomic E-state index is 0.0258. The third kappa shape index (κ3) is 3.43. The van der Waals surface area contributed by atoms with Crippen LogP contribution in [0.4, 0.5) is 10.5 Å². The quantitative estimate of drug-likeness (QED) is 0.842. The van der Waals surface area contributed by atoms with Crippen molar-refractivity contribution in [2.24, 2.45) is 0 Å². The van der Waals surface area contributed by atoms with Crippen molar-refractivity contribution in [1.82, 2.24) is 10.2 Å². The van der Waals surface area contributed by atoms with Crippen molar-refractivity contribution in [1.29, 1.82) is 0 Å². The second-order valence-electron chi connectivity index (χ2n) is 6.49. The molecule has 4 rings (SSSR count). The van der Waals surface area contributed by atoms with Gasteiger partial charge in [-0.2, -0.15) is 0 Å². The highest BCUT2D eigenvalue weighted by molar-refractivity contribution is 6.33. The number of piperazine rings is 1. The normalized spacial score (nSPS) is 19.1. The van der Waals surface area contributed by atoms with Gasteiger partial charge in [-0.05, 0) is 36.4 Å². The summed E-state index contributed by atoms with van der Waals surface area (Å²) in [6, 6.07) is 11.9. The average Bonchev–Trinajstić information content (AvgIpc) is 2.99. The van der Waals surface area contributed by atoms with Crippen molar-refractivity contribution in [3.8, 4) is 11.5 Å². The van der Waals surface area contributed by atoms with E-state index in [2.05, 4.69) is 5.32 Å². The summed E-state index contributed by atoms with van der Waals surface area (Å²) in [4.78, 5) is 27.3. The molecule has 0 bridgehead atoms. The number of rotatable bonds is 4. The zero-order valence-corrected chi connectivity index (χ0v) is 15.1. The van der Waals surface area contributed by atoms with Crippen LogP contribution >= 0.6 is 11.6 Å².